The number of hydrogen-bond donors (Lipinski definition) is 8. The normalized spacial score (nSPS) is 24.0. The molecule has 1 saturated heterocycles. The molecule has 0 bridgehead atoms. The first-order valence-corrected chi connectivity index (χ1v) is 19.2. The maximum absolute atomic E-state index is 12.9. The van der Waals surface area contributed by atoms with Crippen molar-refractivity contribution in [2.75, 3.05) is 13.2 Å². The average Bonchev–Trinajstić information content (AvgIpc) is 3.10. The molecule has 1 amide bonds. The monoisotopic (exact) mass is 702 g/mol. The highest BCUT2D eigenvalue weighted by atomic mass is 16.7. The fraction of sp³-hybridized carbons (Fsp3) is 0.868. The number of aliphatic hydroxyl groups is 7. The Balaban J connectivity index is 2.62. The van der Waals surface area contributed by atoms with Crippen LogP contribution in [0.3, 0.4) is 0 Å². The van der Waals surface area contributed by atoms with Gasteiger partial charge in [0.15, 0.2) is 6.29 Å². The van der Waals surface area contributed by atoms with Crippen molar-refractivity contribution in [1.82, 2.24) is 5.32 Å². The van der Waals surface area contributed by atoms with Crippen molar-refractivity contribution < 1.29 is 50.0 Å². The van der Waals surface area contributed by atoms with E-state index in [0.29, 0.717) is 19.3 Å². The molecule has 49 heavy (non-hydrogen) atoms. The van der Waals surface area contributed by atoms with Gasteiger partial charge >= 0.3 is 0 Å². The van der Waals surface area contributed by atoms with Crippen LogP contribution >= 0.6 is 0 Å². The SMILES string of the molecule is CCCCCC/C=C/CC/C=C/CCCC(O)C(O)C(COC1OC(CO)C(O)C(O)C1O)NC(=O)C(O)CCCCCCCCCCC. The van der Waals surface area contributed by atoms with E-state index in [2.05, 4.69) is 43.5 Å². The number of allylic oxidation sites excluding steroid dienone is 4. The number of aliphatic hydroxyl groups excluding tert-OH is 7. The van der Waals surface area contributed by atoms with E-state index in [1.165, 1.54) is 57.8 Å². The first kappa shape index (κ1) is 45.6. The number of ether oxygens (including phenoxy) is 2. The van der Waals surface area contributed by atoms with Crippen molar-refractivity contribution in [3.8, 4) is 0 Å². The lowest BCUT2D eigenvalue weighted by atomic mass is 9.98. The van der Waals surface area contributed by atoms with Gasteiger partial charge in [-0.3, -0.25) is 4.79 Å². The van der Waals surface area contributed by atoms with Crippen LogP contribution in [0.2, 0.25) is 0 Å². The van der Waals surface area contributed by atoms with Crippen LogP contribution in [0.1, 0.15) is 142 Å². The van der Waals surface area contributed by atoms with E-state index >= 15 is 0 Å². The third-order valence-corrected chi connectivity index (χ3v) is 9.23. The van der Waals surface area contributed by atoms with Crippen LogP contribution in [0.4, 0.5) is 0 Å². The first-order chi connectivity index (χ1) is 23.7. The van der Waals surface area contributed by atoms with Crippen molar-refractivity contribution in [2.24, 2.45) is 0 Å². The molecule has 0 radical (unpaired) electrons. The summed E-state index contributed by atoms with van der Waals surface area (Å²) in [4.78, 5) is 12.9. The topological polar surface area (TPSA) is 189 Å². The Morgan fingerprint density at radius 3 is 1.82 bits per heavy atom. The molecule has 0 aliphatic carbocycles. The van der Waals surface area contributed by atoms with Gasteiger partial charge in [-0.25, -0.2) is 0 Å². The van der Waals surface area contributed by atoms with E-state index < -0.39 is 74.2 Å². The summed E-state index contributed by atoms with van der Waals surface area (Å²) in [6, 6.07) is -1.18. The lowest BCUT2D eigenvalue weighted by Crippen LogP contribution is -2.60. The smallest absolute Gasteiger partial charge is 0.249 e. The Hall–Kier alpha value is -1.41. The number of hydrogen-bond acceptors (Lipinski definition) is 10. The van der Waals surface area contributed by atoms with Gasteiger partial charge in [-0.05, 0) is 51.4 Å². The molecule has 11 heteroatoms. The zero-order chi connectivity index (χ0) is 36.3. The molecular weight excluding hydrogens is 630 g/mol. The fourth-order valence-electron chi connectivity index (χ4n) is 5.92. The molecule has 9 unspecified atom stereocenters. The molecule has 288 valence electrons. The standard InChI is InChI=1S/C38H71NO10/c1-3-5-7-9-11-13-14-15-16-18-19-21-23-25-30(41)33(43)29(28-48-38-36(46)35(45)34(44)32(27-40)49-38)39-37(47)31(42)26-24-22-20-17-12-10-8-6-4-2/h13-14,18-19,29-36,38,40-46H,3-12,15-17,20-28H2,1-2H3,(H,39,47)/b14-13+,19-18+. The number of rotatable bonds is 30. The van der Waals surface area contributed by atoms with Gasteiger partial charge < -0.3 is 50.5 Å². The quantitative estimate of drug-likeness (QED) is 0.0396. The molecule has 1 fully saturated rings. The molecule has 1 aliphatic rings. The van der Waals surface area contributed by atoms with Gasteiger partial charge in [0.25, 0.3) is 0 Å². The Kier molecular flexibility index (Phi) is 27.2. The van der Waals surface area contributed by atoms with E-state index in [0.717, 1.165) is 38.5 Å². The summed E-state index contributed by atoms with van der Waals surface area (Å²) in [7, 11) is 0. The third-order valence-electron chi connectivity index (χ3n) is 9.23. The average molecular weight is 702 g/mol. The largest absolute Gasteiger partial charge is 0.394 e. The second-order valence-electron chi connectivity index (χ2n) is 13.6. The predicted molar refractivity (Wildman–Crippen MR) is 192 cm³/mol. The zero-order valence-electron chi connectivity index (χ0n) is 30.4. The van der Waals surface area contributed by atoms with Crippen LogP contribution in [0.5, 0.6) is 0 Å². The summed E-state index contributed by atoms with van der Waals surface area (Å²) >= 11 is 0. The van der Waals surface area contributed by atoms with Crippen LogP contribution in [0, 0.1) is 0 Å². The van der Waals surface area contributed by atoms with Crippen LogP contribution in [0.25, 0.3) is 0 Å². The minimum Gasteiger partial charge on any atom is -0.394 e. The van der Waals surface area contributed by atoms with E-state index in [-0.39, 0.29) is 12.8 Å². The number of carbonyl (C=O) groups is 1. The Labute approximate surface area is 295 Å². The molecule has 1 rings (SSSR count). The number of nitrogens with one attached hydrogen (secondary N) is 1. The van der Waals surface area contributed by atoms with Crippen LogP contribution in [-0.4, -0.2) is 110 Å². The van der Waals surface area contributed by atoms with Crippen LogP contribution < -0.4 is 5.32 Å². The highest BCUT2D eigenvalue weighted by Crippen LogP contribution is 2.23. The molecule has 1 heterocycles. The summed E-state index contributed by atoms with van der Waals surface area (Å²) in [5.41, 5.74) is 0. The summed E-state index contributed by atoms with van der Waals surface area (Å²) in [6.07, 6.45) is 16.8. The maximum Gasteiger partial charge on any atom is 0.249 e. The van der Waals surface area contributed by atoms with E-state index in [1.807, 2.05) is 0 Å². The minimum absolute atomic E-state index is 0.247. The zero-order valence-corrected chi connectivity index (χ0v) is 30.4. The lowest BCUT2D eigenvalue weighted by molar-refractivity contribution is -0.303. The molecule has 0 aromatic rings. The van der Waals surface area contributed by atoms with Crippen molar-refractivity contribution in [1.29, 1.82) is 0 Å². The number of unbranched alkanes of at least 4 members (excludes halogenated alkanes) is 14. The van der Waals surface area contributed by atoms with Gasteiger partial charge in [0.1, 0.15) is 36.6 Å². The van der Waals surface area contributed by atoms with Crippen LogP contribution in [-0.2, 0) is 14.3 Å². The predicted octanol–water partition coefficient (Wildman–Crippen LogP) is 4.32. The summed E-state index contributed by atoms with van der Waals surface area (Å²) in [5.74, 6) is -0.717. The number of carbonyl (C=O) groups excluding carboxylic acids is 1. The molecule has 0 spiro atoms. The molecule has 0 aromatic heterocycles. The lowest BCUT2D eigenvalue weighted by Gasteiger charge is -2.40. The summed E-state index contributed by atoms with van der Waals surface area (Å²) in [5, 5.41) is 75.0. The van der Waals surface area contributed by atoms with Gasteiger partial charge in [0.05, 0.1) is 25.4 Å². The van der Waals surface area contributed by atoms with Crippen molar-refractivity contribution in [2.45, 2.75) is 197 Å². The second kappa shape index (κ2) is 29.2. The Morgan fingerprint density at radius 1 is 0.694 bits per heavy atom. The van der Waals surface area contributed by atoms with Gasteiger partial charge in [-0.2, -0.15) is 0 Å². The fourth-order valence-corrected chi connectivity index (χ4v) is 5.92. The molecule has 9 atom stereocenters. The Bertz CT molecular complexity index is 856. The minimum atomic E-state index is -1.67. The molecule has 0 aromatic carbocycles. The third kappa shape index (κ3) is 20.3. The summed E-state index contributed by atoms with van der Waals surface area (Å²) < 4.78 is 11.0. The molecule has 8 N–H and O–H groups in total. The van der Waals surface area contributed by atoms with Gasteiger partial charge in [0.2, 0.25) is 5.91 Å². The molecular formula is C38H71NO10. The summed E-state index contributed by atoms with van der Waals surface area (Å²) in [6.45, 7) is 3.32. The van der Waals surface area contributed by atoms with Gasteiger partial charge in [0, 0.05) is 0 Å². The number of amides is 1. The highest BCUT2D eigenvalue weighted by molar-refractivity contribution is 5.80. The van der Waals surface area contributed by atoms with E-state index in [9.17, 15) is 40.5 Å². The van der Waals surface area contributed by atoms with Gasteiger partial charge in [-0.1, -0.05) is 115 Å². The Morgan fingerprint density at radius 2 is 1.22 bits per heavy atom. The van der Waals surface area contributed by atoms with Crippen molar-refractivity contribution in [3.05, 3.63) is 24.3 Å². The molecule has 11 nitrogen and oxygen atoms in total. The van der Waals surface area contributed by atoms with Crippen molar-refractivity contribution in [3.63, 3.8) is 0 Å². The van der Waals surface area contributed by atoms with Gasteiger partial charge in [-0.15, -0.1) is 0 Å². The highest BCUT2D eigenvalue weighted by Gasteiger charge is 2.44. The first-order valence-electron chi connectivity index (χ1n) is 19.2. The molecule has 1 aliphatic heterocycles. The van der Waals surface area contributed by atoms with Crippen LogP contribution in [0.15, 0.2) is 24.3 Å². The van der Waals surface area contributed by atoms with E-state index in [1.54, 1.807) is 0 Å². The maximum atomic E-state index is 12.9. The second-order valence-corrected chi connectivity index (χ2v) is 13.6. The van der Waals surface area contributed by atoms with Crippen molar-refractivity contribution >= 4 is 5.91 Å². The molecule has 0 saturated carbocycles. The van der Waals surface area contributed by atoms with E-state index in [4.69, 9.17) is 9.47 Å².